The SMILES string of the molecule is CCn1c(CC2CCN(Cc3ccnc4ccccc34)CC2)n[nH]c1=O. The van der Waals surface area contributed by atoms with Gasteiger partial charge < -0.3 is 0 Å². The first kappa shape index (κ1) is 17.0. The molecule has 0 spiro atoms. The number of aromatic nitrogens is 4. The number of nitrogens with zero attached hydrogens (tertiary/aromatic N) is 4. The molecule has 6 heteroatoms. The number of benzene rings is 1. The molecule has 2 aromatic heterocycles. The Morgan fingerprint density at radius 3 is 2.81 bits per heavy atom. The summed E-state index contributed by atoms with van der Waals surface area (Å²) >= 11 is 0. The predicted molar refractivity (Wildman–Crippen MR) is 102 cm³/mol. The molecule has 26 heavy (non-hydrogen) atoms. The van der Waals surface area contributed by atoms with Crippen LogP contribution in [-0.4, -0.2) is 37.7 Å². The van der Waals surface area contributed by atoms with Crippen LogP contribution in [0.1, 0.15) is 31.2 Å². The van der Waals surface area contributed by atoms with Gasteiger partial charge in [0.15, 0.2) is 0 Å². The molecular formula is C20H25N5O. The van der Waals surface area contributed by atoms with Crippen LogP contribution in [0.5, 0.6) is 0 Å². The summed E-state index contributed by atoms with van der Waals surface area (Å²) < 4.78 is 1.75. The van der Waals surface area contributed by atoms with Gasteiger partial charge in [0.1, 0.15) is 5.82 Å². The van der Waals surface area contributed by atoms with E-state index < -0.39 is 0 Å². The largest absolute Gasteiger partial charge is 0.343 e. The van der Waals surface area contributed by atoms with Gasteiger partial charge in [0, 0.05) is 31.1 Å². The zero-order chi connectivity index (χ0) is 17.9. The number of aromatic amines is 1. The average molecular weight is 351 g/mol. The summed E-state index contributed by atoms with van der Waals surface area (Å²) in [4.78, 5) is 18.7. The Bertz CT molecular complexity index is 931. The van der Waals surface area contributed by atoms with E-state index >= 15 is 0 Å². The van der Waals surface area contributed by atoms with Crippen LogP contribution in [0.3, 0.4) is 0 Å². The molecule has 1 aliphatic rings. The minimum Gasteiger partial charge on any atom is -0.299 e. The van der Waals surface area contributed by atoms with Gasteiger partial charge >= 0.3 is 5.69 Å². The number of hydrogen-bond acceptors (Lipinski definition) is 4. The van der Waals surface area contributed by atoms with Gasteiger partial charge in [-0.25, -0.2) is 9.89 Å². The fourth-order valence-electron chi connectivity index (χ4n) is 3.97. The van der Waals surface area contributed by atoms with Crippen molar-refractivity contribution >= 4 is 10.9 Å². The molecule has 0 unspecified atom stereocenters. The molecule has 1 aromatic carbocycles. The molecule has 136 valence electrons. The third-order valence-corrected chi connectivity index (χ3v) is 5.47. The summed E-state index contributed by atoms with van der Waals surface area (Å²) in [5, 5.41) is 8.03. The lowest BCUT2D eigenvalue weighted by Gasteiger charge is -2.32. The molecule has 4 rings (SSSR count). The van der Waals surface area contributed by atoms with Crippen LogP contribution in [0, 0.1) is 5.92 Å². The molecule has 0 radical (unpaired) electrons. The van der Waals surface area contributed by atoms with Gasteiger partial charge in [-0.2, -0.15) is 5.10 Å². The van der Waals surface area contributed by atoms with Crippen LogP contribution in [0.2, 0.25) is 0 Å². The summed E-state index contributed by atoms with van der Waals surface area (Å²) in [5.74, 6) is 1.50. The van der Waals surface area contributed by atoms with E-state index in [1.165, 1.54) is 10.9 Å². The van der Waals surface area contributed by atoms with Gasteiger partial charge in [-0.05, 0) is 56.5 Å². The number of para-hydroxylation sites is 1. The van der Waals surface area contributed by atoms with Crippen LogP contribution in [0.15, 0.2) is 41.3 Å². The third-order valence-electron chi connectivity index (χ3n) is 5.47. The van der Waals surface area contributed by atoms with Gasteiger partial charge in [-0.15, -0.1) is 0 Å². The lowest BCUT2D eigenvalue weighted by molar-refractivity contribution is 0.176. The quantitative estimate of drug-likeness (QED) is 0.767. The van der Waals surface area contributed by atoms with E-state index in [1.807, 2.05) is 19.2 Å². The number of piperidine rings is 1. The Hall–Kier alpha value is -2.47. The zero-order valence-electron chi connectivity index (χ0n) is 15.2. The molecule has 1 N–H and O–H groups in total. The molecule has 1 aliphatic heterocycles. The van der Waals surface area contributed by atoms with Crippen LogP contribution < -0.4 is 5.69 Å². The molecule has 0 amide bonds. The van der Waals surface area contributed by atoms with E-state index in [0.717, 1.165) is 50.2 Å². The standard InChI is InChI=1S/C20H25N5O/c1-2-25-19(22-23-20(25)26)13-15-8-11-24(12-9-15)14-16-7-10-21-18-6-4-3-5-17(16)18/h3-7,10,15H,2,8-9,11-14H2,1H3,(H,23,26). The summed E-state index contributed by atoms with van der Waals surface area (Å²) in [6.07, 6.45) is 5.09. The molecule has 0 aliphatic carbocycles. The molecule has 3 aromatic rings. The van der Waals surface area contributed by atoms with E-state index in [-0.39, 0.29) is 5.69 Å². The molecule has 0 bridgehead atoms. The highest BCUT2D eigenvalue weighted by Crippen LogP contribution is 2.24. The van der Waals surface area contributed by atoms with E-state index in [1.54, 1.807) is 4.57 Å². The van der Waals surface area contributed by atoms with Crippen molar-refractivity contribution in [3.05, 3.63) is 58.4 Å². The van der Waals surface area contributed by atoms with Crippen molar-refractivity contribution < 1.29 is 0 Å². The highest BCUT2D eigenvalue weighted by Gasteiger charge is 2.22. The highest BCUT2D eigenvalue weighted by molar-refractivity contribution is 5.81. The predicted octanol–water partition coefficient (Wildman–Crippen LogP) is 2.59. The number of fused-ring (bicyclic) bond motifs is 1. The smallest absolute Gasteiger partial charge is 0.299 e. The number of hydrogen-bond donors (Lipinski definition) is 1. The van der Waals surface area contributed by atoms with Gasteiger partial charge in [-0.3, -0.25) is 14.5 Å². The Morgan fingerprint density at radius 2 is 2.00 bits per heavy atom. The van der Waals surface area contributed by atoms with Crippen molar-refractivity contribution in [2.45, 2.75) is 39.3 Å². The fourth-order valence-corrected chi connectivity index (χ4v) is 3.97. The van der Waals surface area contributed by atoms with Crippen LogP contribution in [0.25, 0.3) is 10.9 Å². The number of nitrogens with one attached hydrogen (secondary N) is 1. The second kappa shape index (κ2) is 7.41. The zero-order valence-corrected chi connectivity index (χ0v) is 15.2. The van der Waals surface area contributed by atoms with Gasteiger partial charge in [0.25, 0.3) is 0 Å². The maximum atomic E-state index is 11.7. The number of H-pyrrole nitrogens is 1. The fraction of sp³-hybridized carbons (Fsp3) is 0.450. The first-order chi connectivity index (χ1) is 12.7. The lowest BCUT2D eigenvalue weighted by Crippen LogP contribution is -2.34. The maximum absolute atomic E-state index is 11.7. The van der Waals surface area contributed by atoms with Gasteiger partial charge in [0.05, 0.1) is 5.52 Å². The molecule has 0 saturated carbocycles. The molecule has 1 saturated heterocycles. The van der Waals surface area contributed by atoms with Crippen LogP contribution in [-0.2, 0) is 19.5 Å². The van der Waals surface area contributed by atoms with Gasteiger partial charge in [-0.1, -0.05) is 18.2 Å². The average Bonchev–Trinajstić information content (AvgIpc) is 3.03. The second-order valence-electron chi connectivity index (χ2n) is 7.10. The lowest BCUT2D eigenvalue weighted by atomic mass is 9.93. The van der Waals surface area contributed by atoms with Crippen molar-refractivity contribution in [2.75, 3.05) is 13.1 Å². The summed E-state index contributed by atoms with van der Waals surface area (Å²) in [7, 11) is 0. The van der Waals surface area contributed by atoms with E-state index in [0.29, 0.717) is 12.5 Å². The van der Waals surface area contributed by atoms with E-state index in [9.17, 15) is 4.79 Å². The van der Waals surface area contributed by atoms with Crippen molar-refractivity contribution in [1.82, 2.24) is 24.6 Å². The minimum absolute atomic E-state index is 0.0931. The first-order valence-corrected chi connectivity index (χ1v) is 9.43. The van der Waals surface area contributed by atoms with Crippen LogP contribution >= 0.6 is 0 Å². The number of rotatable bonds is 5. The van der Waals surface area contributed by atoms with Crippen molar-refractivity contribution in [1.29, 1.82) is 0 Å². The molecule has 1 fully saturated rings. The van der Waals surface area contributed by atoms with E-state index in [4.69, 9.17) is 0 Å². The number of pyridine rings is 1. The monoisotopic (exact) mass is 351 g/mol. The summed E-state index contributed by atoms with van der Waals surface area (Å²) in [6, 6.07) is 10.5. The van der Waals surface area contributed by atoms with Gasteiger partial charge in [0.2, 0.25) is 0 Å². The van der Waals surface area contributed by atoms with Crippen molar-refractivity contribution in [3.63, 3.8) is 0 Å². The number of likely N-dealkylation sites (tertiary alicyclic amines) is 1. The highest BCUT2D eigenvalue weighted by atomic mass is 16.1. The topological polar surface area (TPSA) is 66.8 Å². The first-order valence-electron chi connectivity index (χ1n) is 9.43. The van der Waals surface area contributed by atoms with Crippen molar-refractivity contribution in [2.24, 2.45) is 5.92 Å². The van der Waals surface area contributed by atoms with Crippen LogP contribution in [0.4, 0.5) is 0 Å². The molecule has 6 nitrogen and oxygen atoms in total. The normalized spacial score (nSPS) is 16.3. The summed E-state index contributed by atoms with van der Waals surface area (Å²) in [6.45, 7) is 5.81. The minimum atomic E-state index is -0.0931. The van der Waals surface area contributed by atoms with E-state index in [2.05, 4.69) is 44.3 Å². The molecule has 0 atom stereocenters. The Morgan fingerprint density at radius 1 is 1.19 bits per heavy atom. The third kappa shape index (κ3) is 3.42. The Balaban J connectivity index is 1.38. The Kier molecular flexibility index (Phi) is 4.84. The molecule has 3 heterocycles. The second-order valence-corrected chi connectivity index (χ2v) is 7.10. The maximum Gasteiger partial charge on any atom is 0.343 e. The molecular weight excluding hydrogens is 326 g/mol. The summed E-state index contributed by atoms with van der Waals surface area (Å²) in [5.41, 5.74) is 2.32. The van der Waals surface area contributed by atoms with Crippen molar-refractivity contribution in [3.8, 4) is 0 Å². The Labute approximate surface area is 152 Å².